The van der Waals surface area contributed by atoms with E-state index in [0.717, 1.165) is 23.5 Å². The molecule has 166 valence electrons. The van der Waals surface area contributed by atoms with Crippen molar-refractivity contribution in [3.05, 3.63) is 86.0 Å². The molecule has 1 aliphatic rings. The molecule has 2 aromatic heterocycles. The lowest BCUT2D eigenvalue weighted by molar-refractivity contribution is 0.0605. The number of thiazole rings is 1. The number of amides is 1. The van der Waals surface area contributed by atoms with Gasteiger partial charge in [-0.25, -0.2) is 14.2 Å². The molecule has 4 aromatic rings. The SMILES string of the molecule is COC(=O)c1sc(N2C(=O)c3oc4ccc(F)cc4c(=O)c3[C@@H]2c2ccc(O)cc2)nc1C. The lowest BCUT2D eigenvalue weighted by Crippen LogP contribution is -2.29. The molecule has 1 aliphatic heterocycles. The van der Waals surface area contributed by atoms with E-state index in [1.807, 2.05) is 0 Å². The number of fused-ring (bicyclic) bond motifs is 2. The average molecular weight is 466 g/mol. The Hall–Kier alpha value is -4.05. The van der Waals surface area contributed by atoms with E-state index in [1.54, 1.807) is 19.1 Å². The van der Waals surface area contributed by atoms with Crippen molar-refractivity contribution >= 4 is 39.3 Å². The fourth-order valence-electron chi connectivity index (χ4n) is 3.88. The maximum atomic E-state index is 13.9. The normalized spacial score (nSPS) is 15.2. The number of carbonyl (C=O) groups is 2. The Kier molecular flexibility index (Phi) is 4.75. The molecule has 1 N–H and O–H groups in total. The number of rotatable bonds is 3. The summed E-state index contributed by atoms with van der Waals surface area (Å²) >= 11 is 0.944. The van der Waals surface area contributed by atoms with Crippen molar-refractivity contribution in [3.63, 3.8) is 0 Å². The van der Waals surface area contributed by atoms with Crippen molar-refractivity contribution in [2.45, 2.75) is 13.0 Å². The number of aromatic nitrogens is 1. The van der Waals surface area contributed by atoms with Gasteiger partial charge >= 0.3 is 5.97 Å². The molecule has 0 aliphatic carbocycles. The van der Waals surface area contributed by atoms with Crippen LogP contribution in [-0.4, -0.2) is 29.1 Å². The van der Waals surface area contributed by atoms with Crippen LogP contribution in [0.25, 0.3) is 11.0 Å². The van der Waals surface area contributed by atoms with Crippen molar-refractivity contribution in [1.29, 1.82) is 0 Å². The standard InChI is InChI=1S/C23H15FN2O6S/c1-10-20(22(30)31-2)33-23(25-10)26-17(11-3-6-13(27)7-4-11)16-18(28)14-9-12(24)5-8-15(14)32-19(16)21(26)29/h3-9,17,27H,1-2H3/t17-/m0/s1. The van der Waals surface area contributed by atoms with Gasteiger partial charge in [-0.1, -0.05) is 23.5 Å². The molecule has 0 spiro atoms. The van der Waals surface area contributed by atoms with Crippen LogP contribution >= 0.6 is 11.3 Å². The van der Waals surface area contributed by atoms with Crippen molar-refractivity contribution < 1.29 is 28.2 Å². The topological polar surface area (TPSA) is 110 Å². The van der Waals surface area contributed by atoms with Crippen LogP contribution in [0.3, 0.4) is 0 Å². The zero-order chi connectivity index (χ0) is 23.4. The fraction of sp³-hybridized carbons (Fsp3) is 0.130. The predicted octanol–water partition coefficient (Wildman–Crippen LogP) is 3.94. The highest BCUT2D eigenvalue weighted by atomic mass is 32.1. The number of aryl methyl sites for hydroxylation is 1. The second kappa shape index (κ2) is 7.52. The van der Waals surface area contributed by atoms with E-state index < -0.39 is 29.2 Å². The highest BCUT2D eigenvalue weighted by molar-refractivity contribution is 7.17. The van der Waals surface area contributed by atoms with E-state index in [-0.39, 0.29) is 38.1 Å². The lowest BCUT2D eigenvalue weighted by Gasteiger charge is -2.22. The van der Waals surface area contributed by atoms with Gasteiger partial charge in [-0.15, -0.1) is 0 Å². The van der Waals surface area contributed by atoms with Gasteiger partial charge in [0.25, 0.3) is 5.91 Å². The third kappa shape index (κ3) is 3.18. The van der Waals surface area contributed by atoms with Crippen molar-refractivity contribution in [3.8, 4) is 5.75 Å². The minimum absolute atomic E-state index is 0.000495. The predicted molar refractivity (Wildman–Crippen MR) is 117 cm³/mol. The van der Waals surface area contributed by atoms with Crippen LogP contribution in [0.15, 0.2) is 51.7 Å². The highest BCUT2D eigenvalue weighted by Gasteiger charge is 2.45. The lowest BCUT2D eigenvalue weighted by atomic mass is 9.98. The summed E-state index contributed by atoms with van der Waals surface area (Å²) in [5.41, 5.74) is 0.403. The summed E-state index contributed by atoms with van der Waals surface area (Å²) < 4.78 is 24.4. The molecular weight excluding hydrogens is 451 g/mol. The molecule has 0 unspecified atom stereocenters. The van der Waals surface area contributed by atoms with E-state index >= 15 is 0 Å². The van der Waals surface area contributed by atoms with Crippen molar-refractivity contribution in [2.24, 2.45) is 0 Å². The first-order valence-electron chi connectivity index (χ1n) is 9.74. The number of hydrogen-bond acceptors (Lipinski definition) is 8. The first-order valence-corrected chi connectivity index (χ1v) is 10.6. The Balaban J connectivity index is 1.78. The number of ether oxygens (including phenoxy) is 1. The van der Waals surface area contributed by atoms with Gasteiger partial charge in [0.15, 0.2) is 10.6 Å². The minimum atomic E-state index is -0.965. The maximum Gasteiger partial charge on any atom is 0.350 e. The summed E-state index contributed by atoms with van der Waals surface area (Å²) in [7, 11) is 1.24. The van der Waals surface area contributed by atoms with E-state index in [4.69, 9.17) is 9.15 Å². The van der Waals surface area contributed by atoms with Crippen LogP contribution < -0.4 is 10.3 Å². The second-order valence-corrected chi connectivity index (χ2v) is 8.36. The van der Waals surface area contributed by atoms with Crippen molar-refractivity contribution in [2.75, 3.05) is 12.0 Å². The minimum Gasteiger partial charge on any atom is -0.508 e. The number of aromatic hydroxyl groups is 1. The molecule has 0 radical (unpaired) electrons. The smallest absolute Gasteiger partial charge is 0.350 e. The number of carbonyl (C=O) groups excluding carboxylic acids is 2. The molecule has 2 aromatic carbocycles. The zero-order valence-electron chi connectivity index (χ0n) is 17.3. The molecule has 1 amide bonds. The Labute approximate surface area is 189 Å². The Bertz CT molecular complexity index is 1510. The van der Waals surface area contributed by atoms with Gasteiger partial charge in [0.2, 0.25) is 5.76 Å². The average Bonchev–Trinajstić information content (AvgIpc) is 3.32. The first kappa shape index (κ1) is 20.8. The van der Waals surface area contributed by atoms with Crippen LogP contribution in [-0.2, 0) is 4.74 Å². The summed E-state index contributed by atoms with van der Waals surface area (Å²) in [4.78, 5) is 44.9. The maximum absolute atomic E-state index is 13.9. The third-order valence-electron chi connectivity index (χ3n) is 5.40. The Morgan fingerprint density at radius 1 is 1.21 bits per heavy atom. The molecule has 1 atom stereocenters. The van der Waals surface area contributed by atoms with E-state index in [9.17, 15) is 23.9 Å². The summed E-state index contributed by atoms with van der Waals surface area (Å²) in [6, 6.07) is 8.49. The monoisotopic (exact) mass is 466 g/mol. The number of hydrogen-bond donors (Lipinski definition) is 1. The van der Waals surface area contributed by atoms with E-state index in [2.05, 4.69) is 4.98 Å². The van der Waals surface area contributed by atoms with Gasteiger partial charge < -0.3 is 14.3 Å². The molecule has 3 heterocycles. The number of anilines is 1. The van der Waals surface area contributed by atoms with E-state index in [1.165, 1.54) is 30.2 Å². The first-order chi connectivity index (χ1) is 15.8. The molecule has 0 saturated heterocycles. The summed E-state index contributed by atoms with van der Waals surface area (Å²) in [5, 5.41) is 9.88. The number of phenolic OH excluding ortho intramolecular Hbond substituents is 1. The molecule has 8 nitrogen and oxygen atoms in total. The molecular formula is C23H15FN2O6S. The second-order valence-electron chi connectivity index (χ2n) is 7.39. The zero-order valence-corrected chi connectivity index (χ0v) is 18.1. The highest BCUT2D eigenvalue weighted by Crippen LogP contribution is 2.43. The largest absolute Gasteiger partial charge is 0.508 e. The molecule has 5 rings (SSSR count). The summed E-state index contributed by atoms with van der Waals surface area (Å²) in [6.45, 7) is 1.61. The number of nitrogens with zero attached hydrogens (tertiary/aromatic N) is 2. The van der Waals surface area contributed by atoms with Gasteiger partial charge in [0.1, 0.15) is 22.0 Å². The van der Waals surface area contributed by atoms with Crippen LogP contribution in [0.5, 0.6) is 5.75 Å². The summed E-state index contributed by atoms with van der Waals surface area (Å²) in [6.07, 6.45) is 0. The Morgan fingerprint density at radius 3 is 2.64 bits per heavy atom. The quantitative estimate of drug-likeness (QED) is 0.456. The number of methoxy groups -OCH3 is 1. The summed E-state index contributed by atoms with van der Waals surface area (Å²) in [5.74, 6) is -2.03. The molecule has 0 fully saturated rings. The van der Waals surface area contributed by atoms with Gasteiger partial charge in [0, 0.05) is 0 Å². The van der Waals surface area contributed by atoms with Crippen LogP contribution in [0.4, 0.5) is 9.52 Å². The fourth-order valence-corrected chi connectivity index (χ4v) is 4.89. The number of halogens is 1. The molecule has 0 saturated carbocycles. The van der Waals surface area contributed by atoms with E-state index in [0.29, 0.717) is 11.3 Å². The Morgan fingerprint density at radius 2 is 1.94 bits per heavy atom. The molecule has 0 bridgehead atoms. The van der Waals surface area contributed by atoms with Crippen LogP contribution in [0.1, 0.15) is 43.1 Å². The van der Waals surface area contributed by atoms with Crippen LogP contribution in [0.2, 0.25) is 0 Å². The third-order valence-corrected chi connectivity index (χ3v) is 6.54. The molecule has 33 heavy (non-hydrogen) atoms. The number of esters is 1. The molecule has 10 heteroatoms. The van der Waals surface area contributed by atoms with Gasteiger partial charge in [-0.2, -0.15) is 0 Å². The number of benzene rings is 2. The van der Waals surface area contributed by atoms with Gasteiger partial charge in [-0.3, -0.25) is 14.5 Å². The van der Waals surface area contributed by atoms with Gasteiger partial charge in [-0.05, 0) is 42.8 Å². The van der Waals surface area contributed by atoms with Crippen molar-refractivity contribution in [1.82, 2.24) is 4.98 Å². The van der Waals surface area contributed by atoms with Crippen LogP contribution in [0, 0.1) is 12.7 Å². The number of phenols is 1. The van der Waals surface area contributed by atoms with Gasteiger partial charge in [0.05, 0.1) is 29.8 Å².